The number of ether oxygens (including phenoxy) is 2. The van der Waals surface area contributed by atoms with Crippen molar-refractivity contribution in [3.8, 4) is 34.1 Å². The van der Waals surface area contributed by atoms with E-state index in [0.717, 1.165) is 11.1 Å². The Hall–Kier alpha value is -4.63. The van der Waals surface area contributed by atoms with E-state index in [1.165, 1.54) is 12.1 Å². The van der Waals surface area contributed by atoms with Crippen LogP contribution in [0, 0.1) is 0 Å². The van der Waals surface area contributed by atoms with Gasteiger partial charge in [-0.25, -0.2) is 8.42 Å². The van der Waals surface area contributed by atoms with Gasteiger partial charge in [0.1, 0.15) is 28.5 Å². The van der Waals surface area contributed by atoms with Crippen LogP contribution in [0.3, 0.4) is 0 Å². The van der Waals surface area contributed by atoms with E-state index in [1.807, 2.05) is 48.5 Å². The van der Waals surface area contributed by atoms with Gasteiger partial charge >= 0.3 is 5.97 Å². The summed E-state index contributed by atoms with van der Waals surface area (Å²) in [6.07, 6.45) is 0.0595. The van der Waals surface area contributed by atoms with Gasteiger partial charge in [-0.2, -0.15) is 4.72 Å². The molecule has 9 heteroatoms. The fourth-order valence-electron chi connectivity index (χ4n) is 4.99. The first-order valence-electron chi connectivity index (χ1n) is 13.5. The van der Waals surface area contributed by atoms with Crippen LogP contribution in [0.5, 0.6) is 23.0 Å². The Labute approximate surface area is 254 Å². The van der Waals surface area contributed by atoms with Crippen molar-refractivity contribution in [3.63, 3.8) is 0 Å². The molecule has 1 aliphatic carbocycles. The van der Waals surface area contributed by atoms with Gasteiger partial charge < -0.3 is 14.6 Å². The van der Waals surface area contributed by atoms with Crippen LogP contribution < -0.4 is 14.2 Å². The minimum Gasteiger partial charge on any atom is -0.480 e. The van der Waals surface area contributed by atoms with Crippen LogP contribution in [0.4, 0.5) is 0 Å². The normalized spacial score (nSPS) is 17.7. The number of rotatable bonds is 10. The van der Waals surface area contributed by atoms with Gasteiger partial charge in [-0.3, -0.25) is 4.79 Å². The molecule has 0 amide bonds. The van der Waals surface area contributed by atoms with Crippen LogP contribution in [-0.2, 0) is 14.8 Å². The zero-order valence-electron chi connectivity index (χ0n) is 22.7. The number of aliphatic carboxylic acids is 1. The second-order valence-electron chi connectivity index (χ2n) is 10.2. The van der Waals surface area contributed by atoms with E-state index in [1.54, 1.807) is 66.7 Å². The summed E-state index contributed by atoms with van der Waals surface area (Å²) in [4.78, 5) is 12.6. The van der Waals surface area contributed by atoms with E-state index in [4.69, 9.17) is 21.1 Å². The molecular formula is C34H26ClNO6S. The summed E-state index contributed by atoms with van der Waals surface area (Å²) in [6.45, 7) is 0. The molecule has 2 N–H and O–H groups in total. The maximum atomic E-state index is 13.4. The Morgan fingerprint density at radius 3 is 1.70 bits per heavy atom. The third kappa shape index (κ3) is 6.27. The Morgan fingerprint density at radius 2 is 1.21 bits per heavy atom. The molecule has 0 saturated heterocycles. The van der Waals surface area contributed by atoms with Gasteiger partial charge in [0.15, 0.2) is 0 Å². The number of hydrogen-bond donors (Lipinski definition) is 2. The average Bonchev–Trinajstić information content (AvgIpc) is 3.73. The van der Waals surface area contributed by atoms with Gasteiger partial charge in [0.2, 0.25) is 10.0 Å². The molecule has 1 saturated carbocycles. The van der Waals surface area contributed by atoms with Crippen LogP contribution in [0.25, 0.3) is 11.1 Å². The van der Waals surface area contributed by atoms with Crippen molar-refractivity contribution in [2.45, 2.75) is 22.8 Å². The van der Waals surface area contributed by atoms with Gasteiger partial charge in [-0.15, -0.1) is 0 Å². The highest BCUT2D eigenvalue weighted by molar-refractivity contribution is 7.89. The Morgan fingerprint density at radius 1 is 0.721 bits per heavy atom. The maximum Gasteiger partial charge on any atom is 0.325 e. The lowest BCUT2D eigenvalue weighted by molar-refractivity contribution is -0.140. The lowest BCUT2D eigenvalue weighted by atomic mass is 10.1. The highest BCUT2D eigenvalue weighted by Crippen LogP contribution is 2.54. The molecule has 5 aromatic carbocycles. The van der Waals surface area contributed by atoms with Gasteiger partial charge in [-0.05, 0) is 83.8 Å². The number of benzene rings is 5. The molecule has 0 aliphatic heterocycles. The van der Waals surface area contributed by atoms with E-state index in [9.17, 15) is 18.3 Å². The predicted octanol–water partition coefficient (Wildman–Crippen LogP) is 7.88. The van der Waals surface area contributed by atoms with E-state index in [-0.39, 0.29) is 11.3 Å². The Balaban J connectivity index is 1.28. The van der Waals surface area contributed by atoms with E-state index in [2.05, 4.69) is 4.72 Å². The minimum absolute atomic E-state index is 0.0363. The largest absolute Gasteiger partial charge is 0.480 e. The molecule has 1 fully saturated rings. The Bertz CT molecular complexity index is 1810. The molecule has 6 rings (SSSR count). The lowest BCUT2D eigenvalue weighted by Gasteiger charge is -2.17. The Kier molecular flexibility index (Phi) is 7.66. The zero-order valence-corrected chi connectivity index (χ0v) is 24.3. The molecule has 0 bridgehead atoms. The van der Waals surface area contributed by atoms with Crippen molar-refractivity contribution in [3.05, 3.63) is 138 Å². The van der Waals surface area contributed by atoms with Crippen molar-refractivity contribution in [1.82, 2.24) is 4.72 Å². The number of carboxylic acid groups (broad SMARTS) is 1. The van der Waals surface area contributed by atoms with E-state index in [0.29, 0.717) is 33.6 Å². The first-order valence-corrected chi connectivity index (χ1v) is 15.3. The molecule has 0 spiro atoms. The van der Waals surface area contributed by atoms with Crippen LogP contribution in [0.1, 0.15) is 17.9 Å². The van der Waals surface area contributed by atoms with Crippen molar-refractivity contribution < 1.29 is 27.8 Å². The lowest BCUT2D eigenvalue weighted by Crippen LogP contribution is -2.44. The third-order valence-electron chi connectivity index (χ3n) is 7.26. The number of nitrogens with one attached hydrogen (secondary N) is 1. The minimum atomic E-state index is -4.18. The molecule has 43 heavy (non-hydrogen) atoms. The first-order chi connectivity index (χ1) is 20.7. The molecule has 1 aliphatic rings. The molecule has 2 unspecified atom stereocenters. The van der Waals surface area contributed by atoms with E-state index >= 15 is 0 Å². The molecule has 5 aromatic rings. The highest BCUT2D eigenvalue weighted by atomic mass is 35.5. The fourth-order valence-corrected chi connectivity index (χ4v) is 6.52. The van der Waals surface area contributed by atoms with Crippen molar-refractivity contribution in [2.75, 3.05) is 0 Å². The molecule has 2 atom stereocenters. The monoisotopic (exact) mass is 611 g/mol. The van der Waals surface area contributed by atoms with Crippen LogP contribution in [-0.4, -0.2) is 25.0 Å². The molecule has 0 radical (unpaired) electrons. The fraction of sp³-hybridized carbons (Fsp3) is 0.0882. The zero-order chi connectivity index (χ0) is 30.0. The van der Waals surface area contributed by atoms with Gasteiger partial charge in [0.05, 0.1) is 4.90 Å². The summed E-state index contributed by atoms with van der Waals surface area (Å²) in [7, 11) is -4.18. The van der Waals surface area contributed by atoms with E-state index < -0.39 is 27.4 Å². The molecule has 7 nitrogen and oxygen atoms in total. The SMILES string of the molecule is O=C(O)C1(NS(=O)(=O)c2ccc(-c3ccc(Cl)cc3)cc2)CC1c1cc(Oc2ccccc2)cc(Oc2ccccc2)c1. The smallest absolute Gasteiger partial charge is 0.325 e. The summed E-state index contributed by atoms with van der Waals surface area (Å²) in [6, 6.07) is 36.9. The van der Waals surface area contributed by atoms with Crippen LogP contribution >= 0.6 is 11.6 Å². The third-order valence-corrected chi connectivity index (χ3v) is 9.04. The summed E-state index contributed by atoms with van der Waals surface area (Å²) in [5.41, 5.74) is 0.511. The topological polar surface area (TPSA) is 102 Å². The molecular weight excluding hydrogens is 586 g/mol. The summed E-state index contributed by atoms with van der Waals surface area (Å²) >= 11 is 5.97. The second-order valence-corrected chi connectivity index (χ2v) is 12.4. The highest BCUT2D eigenvalue weighted by Gasteiger charge is 2.63. The maximum absolute atomic E-state index is 13.4. The van der Waals surface area contributed by atoms with Crippen molar-refractivity contribution in [2.24, 2.45) is 0 Å². The van der Waals surface area contributed by atoms with Crippen molar-refractivity contribution in [1.29, 1.82) is 0 Å². The standard InChI is InChI=1S/C34H26ClNO6S/c35-26-15-11-23(12-16-26)24-13-17-31(18-14-24)43(39,40)36-34(33(37)38)22-32(34)25-19-29(41-27-7-3-1-4-8-27)21-30(20-25)42-28-9-5-2-6-10-28/h1-21,32,36H,22H2,(H,37,38). The average molecular weight is 612 g/mol. The van der Waals surface area contributed by atoms with Crippen molar-refractivity contribution >= 4 is 27.6 Å². The summed E-state index contributed by atoms with van der Waals surface area (Å²) in [5, 5.41) is 10.9. The van der Waals surface area contributed by atoms with Crippen LogP contribution in [0.2, 0.25) is 5.02 Å². The summed E-state index contributed by atoms with van der Waals surface area (Å²) < 4.78 is 41.5. The first kappa shape index (κ1) is 28.5. The second kappa shape index (κ2) is 11.6. The number of carbonyl (C=O) groups is 1. The number of carboxylic acids is 1. The van der Waals surface area contributed by atoms with Gasteiger partial charge in [-0.1, -0.05) is 72.3 Å². The number of sulfonamides is 1. The number of halogens is 1. The molecule has 0 heterocycles. The quantitative estimate of drug-likeness (QED) is 0.167. The predicted molar refractivity (Wildman–Crippen MR) is 164 cm³/mol. The molecule has 0 aromatic heterocycles. The summed E-state index contributed by atoms with van der Waals surface area (Å²) in [5.74, 6) is 0.119. The van der Waals surface area contributed by atoms with Gasteiger partial charge in [0, 0.05) is 17.0 Å². The van der Waals surface area contributed by atoms with Crippen LogP contribution in [0.15, 0.2) is 132 Å². The van der Waals surface area contributed by atoms with Gasteiger partial charge in [0.25, 0.3) is 0 Å². The number of para-hydroxylation sites is 2. The molecule has 216 valence electrons. The number of hydrogen-bond acceptors (Lipinski definition) is 5.